The molecule has 1 saturated heterocycles. The number of carbonyl (C=O) groups excluding carboxylic acids is 1. The highest BCUT2D eigenvalue weighted by Gasteiger charge is 2.48. The molecule has 0 aromatic carbocycles. The fourth-order valence-electron chi connectivity index (χ4n) is 1.66. The highest BCUT2D eigenvalue weighted by atomic mass is 16.6. The van der Waals surface area contributed by atoms with E-state index in [0.29, 0.717) is 13.0 Å². The first-order valence-corrected chi connectivity index (χ1v) is 4.12. The zero-order valence-electron chi connectivity index (χ0n) is 8.14. The van der Waals surface area contributed by atoms with E-state index in [1.54, 1.807) is 14.0 Å². The molecule has 1 aliphatic rings. The van der Waals surface area contributed by atoms with Crippen molar-refractivity contribution in [1.82, 2.24) is 0 Å². The maximum atomic E-state index is 11.5. The van der Waals surface area contributed by atoms with Crippen molar-refractivity contribution in [2.75, 3.05) is 13.7 Å². The van der Waals surface area contributed by atoms with Crippen LogP contribution in [-0.2, 0) is 14.3 Å². The highest BCUT2D eigenvalue weighted by Crippen LogP contribution is 2.34. The van der Waals surface area contributed by atoms with Crippen LogP contribution in [-0.4, -0.2) is 30.7 Å². The van der Waals surface area contributed by atoms with Gasteiger partial charge in [-0.2, -0.15) is 0 Å². The van der Waals surface area contributed by atoms with Gasteiger partial charge in [-0.3, -0.25) is 4.79 Å². The van der Waals surface area contributed by atoms with Crippen LogP contribution < -0.4 is 0 Å². The van der Waals surface area contributed by atoms with E-state index < -0.39 is 5.60 Å². The van der Waals surface area contributed by atoms with Gasteiger partial charge in [-0.1, -0.05) is 0 Å². The van der Waals surface area contributed by atoms with E-state index in [9.17, 15) is 4.79 Å². The van der Waals surface area contributed by atoms with Crippen molar-refractivity contribution in [3.8, 4) is 0 Å². The van der Waals surface area contributed by atoms with Crippen molar-refractivity contribution in [3.05, 3.63) is 0 Å². The smallest absolute Gasteiger partial charge is 0.169 e. The molecule has 0 bridgehead atoms. The van der Waals surface area contributed by atoms with Crippen molar-refractivity contribution >= 4 is 5.78 Å². The van der Waals surface area contributed by atoms with Gasteiger partial charge in [-0.15, -0.1) is 0 Å². The van der Waals surface area contributed by atoms with E-state index >= 15 is 0 Å². The average Bonchev–Trinajstić information content (AvgIpc) is 2.02. The van der Waals surface area contributed by atoms with Crippen LogP contribution in [0, 0.1) is 0 Å². The molecule has 12 heavy (non-hydrogen) atoms. The van der Waals surface area contributed by atoms with Gasteiger partial charge in [-0.05, 0) is 20.8 Å². The summed E-state index contributed by atoms with van der Waals surface area (Å²) in [5.74, 6) is 0.134. The number of hydrogen-bond acceptors (Lipinski definition) is 3. The van der Waals surface area contributed by atoms with Crippen molar-refractivity contribution in [2.45, 2.75) is 38.4 Å². The molecular formula is C9H16O3. The van der Waals surface area contributed by atoms with Gasteiger partial charge in [-0.25, -0.2) is 0 Å². The van der Waals surface area contributed by atoms with Crippen LogP contribution in [0.25, 0.3) is 0 Å². The molecule has 1 fully saturated rings. The largest absolute Gasteiger partial charge is 0.381 e. The Labute approximate surface area is 73.0 Å². The number of methoxy groups -OCH3 is 1. The number of ketones is 1. The Balaban J connectivity index is 2.74. The van der Waals surface area contributed by atoms with E-state index in [2.05, 4.69) is 0 Å². The van der Waals surface area contributed by atoms with E-state index in [4.69, 9.17) is 9.47 Å². The second kappa shape index (κ2) is 2.82. The van der Waals surface area contributed by atoms with Gasteiger partial charge in [0, 0.05) is 13.5 Å². The van der Waals surface area contributed by atoms with Gasteiger partial charge in [0.2, 0.25) is 0 Å². The summed E-state index contributed by atoms with van der Waals surface area (Å²) in [4.78, 5) is 11.5. The second-order valence-corrected chi connectivity index (χ2v) is 4.13. The molecule has 1 atom stereocenters. The zero-order chi connectivity index (χ0) is 9.41. The van der Waals surface area contributed by atoms with Gasteiger partial charge in [0.25, 0.3) is 0 Å². The Morgan fingerprint density at radius 2 is 2.08 bits per heavy atom. The Hall–Kier alpha value is -0.410. The molecule has 0 aliphatic carbocycles. The summed E-state index contributed by atoms with van der Waals surface area (Å²) < 4.78 is 10.6. The van der Waals surface area contributed by atoms with E-state index in [1.165, 1.54) is 0 Å². The monoisotopic (exact) mass is 172 g/mol. The average molecular weight is 172 g/mol. The first kappa shape index (κ1) is 9.68. The van der Waals surface area contributed by atoms with Gasteiger partial charge >= 0.3 is 0 Å². The minimum absolute atomic E-state index is 0.134. The predicted molar refractivity (Wildman–Crippen MR) is 45.1 cm³/mol. The molecule has 3 heteroatoms. The van der Waals surface area contributed by atoms with E-state index in [-0.39, 0.29) is 11.4 Å². The molecule has 0 aromatic rings. The third-order valence-electron chi connectivity index (χ3n) is 2.10. The van der Waals surface area contributed by atoms with Crippen molar-refractivity contribution in [3.63, 3.8) is 0 Å². The van der Waals surface area contributed by atoms with Crippen LogP contribution in [0.3, 0.4) is 0 Å². The summed E-state index contributed by atoms with van der Waals surface area (Å²) in [6.45, 7) is 5.97. The predicted octanol–water partition coefficient (Wildman–Crippen LogP) is 1.16. The molecule has 0 N–H and O–H groups in total. The second-order valence-electron chi connectivity index (χ2n) is 4.13. The SMILES string of the molecule is COCC1(C)OC(C)(C)CC1=O. The maximum absolute atomic E-state index is 11.5. The summed E-state index contributed by atoms with van der Waals surface area (Å²) in [5, 5.41) is 0. The minimum atomic E-state index is -0.724. The number of ether oxygens (including phenoxy) is 2. The summed E-state index contributed by atoms with van der Waals surface area (Å²) >= 11 is 0. The maximum Gasteiger partial charge on any atom is 0.169 e. The van der Waals surface area contributed by atoms with E-state index in [1.807, 2.05) is 13.8 Å². The minimum Gasteiger partial charge on any atom is -0.381 e. The number of carbonyl (C=O) groups is 1. The molecular weight excluding hydrogens is 156 g/mol. The fourth-order valence-corrected chi connectivity index (χ4v) is 1.66. The van der Waals surface area contributed by atoms with Gasteiger partial charge < -0.3 is 9.47 Å². The van der Waals surface area contributed by atoms with E-state index in [0.717, 1.165) is 0 Å². The fraction of sp³-hybridized carbons (Fsp3) is 0.889. The lowest BCUT2D eigenvalue weighted by Crippen LogP contribution is -2.38. The van der Waals surface area contributed by atoms with Crippen LogP contribution in [0.5, 0.6) is 0 Å². The molecule has 0 saturated carbocycles. The third-order valence-corrected chi connectivity index (χ3v) is 2.10. The molecule has 0 amide bonds. The number of Topliss-reactive ketones (excluding diaryl/α,β-unsaturated/α-hetero) is 1. The first-order valence-electron chi connectivity index (χ1n) is 4.12. The van der Waals surface area contributed by atoms with Crippen molar-refractivity contribution < 1.29 is 14.3 Å². The molecule has 0 spiro atoms. The Morgan fingerprint density at radius 1 is 1.50 bits per heavy atom. The zero-order valence-corrected chi connectivity index (χ0v) is 8.14. The Morgan fingerprint density at radius 3 is 2.42 bits per heavy atom. The summed E-state index contributed by atoms with van der Waals surface area (Å²) in [6, 6.07) is 0. The molecule has 1 heterocycles. The summed E-state index contributed by atoms with van der Waals surface area (Å²) in [6.07, 6.45) is 0.479. The molecule has 70 valence electrons. The summed E-state index contributed by atoms with van der Waals surface area (Å²) in [5.41, 5.74) is -1.05. The van der Waals surface area contributed by atoms with Gasteiger partial charge in [0.05, 0.1) is 12.2 Å². The molecule has 1 aliphatic heterocycles. The summed E-state index contributed by atoms with van der Waals surface area (Å²) in [7, 11) is 1.58. The Kier molecular flexibility index (Phi) is 2.27. The number of rotatable bonds is 2. The lowest BCUT2D eigenvalue weighted by molar-refractivity contribution is -0.143. The molecule has 1 rings (SSSR count). The highest BCUT2D eigenvalue weighted by molar-refractivity contribution is 5.89. The number of hydrogen-bond donors (Lipinski definition) is 0. The molecule has 1 unspecified atom stereocenters. The Bertz CT molecular complexity index is 198. The molecule has 3 nitrogen and oxygen atoms in total. The van der Waals surface area contributed by atoms with Gasteiger partial charge in [0.1, 0.15) is 5.60 Å². The van der Waals surface area contributed by atoms with Crippen LogP contribution >= 0.6 is 0 Å². The lowest BCUT2D eigenvalue weighted by atomic mass is 9.98. The first-order chi connectivity index (χ1) is 5.40. The van der Waals surface area contributed by atoms with Crippen LogP contribution in [0.15, 0.2) is 0 Å². The quantitative estimate of drug-likeness (QED) is 0.627. The normalized spacial score (nSPS) is 34.2. The van der Waals surface area contributed by atoms with Crippen LogP contribution in [0.1, 0.15) is 27.2 Å². The standard InChI is InChI=1S/C9H16O3/c1-8(2)5-7(10)9(3,12-8)6-11-4/h5-6H2,1-4H3. The van der Waals surface area contributed by atoms with Gasteiger partial charge in [0.15, 0.2) is 5.78 Å². The molecule has 0 aromatic heterocycles. The van der Waals surface area contributed by atoms with Crippen molar-refractivity contribution in [1.29, 1.82) is 0 Å². The van der Waals surface area contributed by atoms with Crippen molar-refractivity contribution in [2.24, 2.45) is 0 Å². The third kappa shape index (κ3) is 1.67. The topological polar surface area (TPSA) is 35.5 Å². The lowest BCUT2D eigenvalue weighted by Gasteiger charge is -2.25. The van der Waals surface area contributed by atoms with Crippen LogP contribution in [0.4, 0.5) is 0 Å². The van der Waals surface area contributed by atoms with Crippen LogP contribution in [0.2, 0.25) is 0 Å². The molecule has 0 radical (unpaired) electrons.